The number of nitrogens with zero attached hydrogens (tertiary/aromatic N) is 1. The lowest BCUT2D eigenvalue weighted by molar-refractivity contribution is -0.136. The molecule has 0 radical (unpaired) electrons. The van der Waals surface area contributed by atoms with Crippen molar-refractivity contribution in [3.05, 3.63) is 17.8 Å². The summed E-state index contributed by atoms with van der Waals surface area (Å²) in [5.74, 6) is 4.64. The normalized spacial score (nSPS) is 8.77. The first-order valence-corrected chi connectivity index (χ1v) is 3.83. The lowest BCUT2D eigenvalue weighted by Crippen LogP contribution is -1.99. The predicted molar refractivity (Wildman–Crippen MR) is 44.8 cm³/mol. The fourth-order valence-corrected chi connectivity index (χ4v) is 0.697. The Kier molecular flexibility index (Phi) is 3.09. The van der Waals surface area contributed by atoms with E-state index in [0.29, 0.717) is 18.1 Å². The van der Waals surface area contributed by atoms with Gasteiger partial charge in [-0.1, -0.05) is 0 Å². The SMILES string of the molecule is CCOC(=O)C#Cc1ocnc1C. The Morgan fingerprint density at radius 3 is 3.08 bits per heavy atom. The molecule has 0 aliphatic carbocycles. The number of hydrogen-bond donors (Lipinski definition) is 0. The van der Waals surface area contributed by atoms with Crippen molar-refractivity contribution in [1.29, 1.82) is 0 Å². The minimum atomic E-state index is -0.557. The van der Waals surface area contributed by atoms with E-state index >= 15 is 0 Å². The Morgan fingerprint density at radius 1 is 1.77 bits per heavy atom. The van der Waals surface area contributed by atoms with E-state index in [1.165, 1.54) is 6.39 Å². The molecule has 0 unspecified atom stereocenters. The molecule has 0 amide bonds. The van der Waals surface area contributed by atoms with Crippen molar-refractivity contribution in [2.45, 2.75) is 13.8 Å². The minimum absolute atomic E-state index is 0.322. The fourth-order valence-electron chi connectivity index (χ4n) is 0.697. The van der Waals surface area contributed by atoms with Crippen LogP contribution in [0.25, 0.3) is 0 Å². The van der Waals surface area contributed by atoms with Crippen molar-refractivity contribution in [3.8, 4) is 11.8 Å². The monoisotopic (exact) mass is 179 g/mol. The second-order valence-corrected chi connectivity index (χ2v) is 2.24. The van der Waals surface area contributed by atoms with Crippen LogP contribution in [-0.4, -0.2) is 17.6 Å². The maximum absolute atomic E-state index is 10.8. The fraction of sp³-hybridized carbons (Fsp3) is 0.333. The molecule has 0 N–H and O–H groups in total. The molecule has 1 heterocycles. The van der Waals surface area contributed by atoms with Gasteiger partial charge in [-0.25, -0.2) is 9.78 Å². The van der Waals surface area contributed by atoms with E-state index in [2.05, 4.69) is 21.6 Å². The topological polar surface area (TPSA) is 52.3 Å². The number of rotatable bonds is 1. The van der Waals surface area contributed by atoms with E-state index in [9.17, 15) is 4.79 Å². The highest BCUT2D eigenvalue weighted by molar-refractivity contribution is 5.88. The molecule has 0 aliphatic rings. The van der Waals surface area contributed by atoms with Crippen LogP contribution >= 0.6 is 0 Å². The second kappa shape index (κ2) is 4.31. The summed E-state index contributed by atoms with van der Waals surface area (Å²) in [6.45, 7) is 3.79. The molecule has 1 aromatic heterocycles. The van der Waals surface area contributed by atoms with Gasteiger partial charge in [0.1, 0.15) is 0 Å². The van der Waals surface area contributed by atoms with Crippen molar-refractivity contribution in [1.82, 2.24) is 4.98 Å². The summed E-state index contributed by atoms with van der Waals surface area (Å²) in [7, 11) is 0. The van der Waals surface area contributed by atoms with Crippen LogP contribution in [-0.2, 0) is 9.53 Å². The van der Waals surface area contributed by atoms with Gasteiger partial charge in [0.05, 0.1) is 12.3 Å². The van der Waals surface area contributed by atoms with Gasteiger partial charge in [-0.2, -0.15) is 0 Å². The molecule has 0 spiro atoms. The number of oxazole rings is 1. The molecule has 0 fully saturated rings. The molecule has 0 saturated carbocycles. The van der Waals surface area contributed by atoms with Crippen LogP contribution in [0.15, 0.2) is 10.8 Å². The van der Waals surface area contributed by atoms with Crippen LogP contribution < -0.4 is 0 Å². The number of ether oxygens (including phenoxy) is 1. The summed E-state index contributed by atoms with van der Waals surface area (Å²) in [5, 5.41) is 0. The molecule has 0 aliphatic heterocycles. The molecule has 1 rings (SSSR count). The van der Waals surface area contributed by atoms with Gasteiger partial charge in [0, 0.05) is 5.92 Å². The largest absolute Gasteiger partial charge is 0.456 e. The van der Waals surface area contributed by atoms with Crippen molar-refractivity contribution in [2.24, 2.45) is 0 Å². The average Bonchev–Trinajstić information content (AvgIpc) is 2.48. The summed E-state index contributed by atoms with van der Waals surface area (Å²) in [4.78, 5) is 14.6. The molecule has 0 aromatic carbocycles. The van der Waals surface area contributed by atoms with Crippen LogP contribution in [0, 0.1) is 18.8 Å². The van der Waals surface area contributed by atoms with Gasteiger partial charge in [-0.15, -0.1) is 0 Å². The maximum atomic E-state index is 10.8. The maximum Gasteiger partial charge on any atom is 0.384 e. The highest BCUT2D eigenvalue weighted by Crippen LogP contribution is 2.01. The second-order valence-electron chi connectivity index (χ2n) is 2.24. The number of carbonyl (C=O) groups is 1. The van der Waals surface area contributed by atoms with Crippen LogP contribution in [0.3, 0.4) is 0 Å². The van der Waals surface area contributed by atoms with Crippen LogP contribution in [0.5, 0.6) is 0 Å². The molecule has 0 bridgehead atoms. The van der Waals surface area contributed by atoms with Gasteiger partial charge >= 0.3 is 5.97 Å². The van der Waals surface area contributed by atoms with Crippen LogP contribution in [0.2, 0.25) is 0 Å². The Balaban J connectivity index is 2.67. The van der Waals surface area contributed by atoms with E-state index in [-0.39, 0.29) is 0 Å². The zero-order chi connectivity index (χ0) is 9.68. The molecule has 68 valence electrons. The average molecular weight is 179 g/mol. The lowest BCUT2D eigenvalue weighted by Gasteiger charge is -1.90. The standard InChI is InChI=1S/C9H9NO3/c1-3-12-9(11)5-4-8-7(2)10-6-13-8/h6H,3H2,1-2H3. The van der Waals surface area contributed by atoms with Crippen molar-refractivity contribution >= 4 is 5.97 Å². The molecule has 4 heteroatoms. The Morgan fingerprint density at radius 2 is 2.54 bits per heavy atom. The van der Waals surface area contributed by atoms with Gasteiger partial charge in [0.2, 0.25) is 5.76 Å². The third-order valence-electron chi connectivity index (χ3n) is 1.30. The predicted octanol–water partition coefficient (Wildman–Crippen LogP) is 0.898. The summed E-state index contributed by atoms with van der Waals surface area (Å²) < 4.78 is 9.51. The first kappa shape index (κ1) is 9.33. The molecule has 0 atom stereocenters. The summed E-state index contributed by atoms with van der Waals surface area (Å²) >= 11 is 0. The Hall–Kier alpha value is -1.76. The van der Waals surface area contributed by atoms with Gasteiger partial charge in [0.25, 0.3) is 0 Å². The molecule has 1 aromatic rings. The smallest absolute Gasteiger partial charge is 0.384 e. The molecule has 0 saturated heterocycles. The van der Waals surface area contributed by atoms with E-state index in [1.807, 2.05) is 0 Å². The minimum Gasteiger partial charge on any atom is -0.456 e. The van der Waals surface area contributed by atoms with Gasteiger partial charge < -0.3 is 9.15 Å². The van der Waals surface area contributed by atoms with Crippen LogP contribution in [0.1, 0.15) is 18.4 Å². The van der Waals surface area contributed by atoms with E-state index in [0.717, 1.165) is 0 Å². The third kappa shape index (κ3) is 2.64. The zero-order valence-electron chi connectivity index (χ0n) is 7.46. The zero-order valence-corrected chi connectivity index (χ0v) is 7.46. The number of aryl methyl sites for hydroxylation is 1. The molecular weight excluding hydrogens is 170 g/mol. The molecule has 13 heavy (non-hydrogen) atoms. The van der Waals surface area contributed by atoms with Gasteiger partial charge in [-0.05, 0) is 19.8 Å². The van der Waals surface area contributed by atoms with E-state index in [1.54, 1.807) is 13.8 Å². The van der Waals surface area contributed by atoms with Crippen molar-refractivity contribution in [3.63, 3.8) is 0 Å². The summed E-state index contributed by atoms with van der Waals surface area (Å²) in [6, 6.07) is 0. The van der Waals surface area contributed by atoms with E-state index < -0.39 is 5.97 Å². The number of esters is 1. The number of carbonyl (C=O) groups excluding carboxylic acids is 1. The Bertz CT molecular complexity index is 356. The first-order valence-electron chi connectivity index (χ1n) is 3.83. The quantitative estimate of drug-likeness (QED) is 0.474. The molecule has 4 nitrogen and oxygen atoms in total. The van der Waals surface area contributed by atoms with E-state index in [4.69, 9.17) is 4.42 Å². The Labute approximate surface area is 75.9 Å². The highest BCUT2D eigenvalue weighted by Gasteiger charge is 1.99. The first-order chi connectivity index (χ1) is 6.24. The van der Waals surface area contributed by atoms with Crippen LogP contribution in [0.4, 0.5) is 0 Å². The summed E-state index contributed by atoms with van der Waals surface area (Å²) in [5.41, 5.74) is 0.664. The van der Waals surface area contributed by atoms with Gasteiger partial charge in [0.15, 0.2) is 6.39 Å². The van der Waals surface area contributed by atoms with Crippen molar-refractivity contribution in [2.75, 3.05) is 6.61 Å². The number of aromatic nitrogens is 1. The highest BCUT2D eigenvalue weighted by atomic mass is 16.5. The summed E-state index contributed by atoms with van der Waals surface area (Å²) in [6.07, 6.45) is 1.28. The third-order valence-corrected chi connectivity index (χ3v) is 1.30. The van der Waals surface area contributed by atoms with Gasteiger partial charge in [-0.3, -0.25) is 0 Å². The van der Waals surface area contributed by atoms with Crippen molar-refractivity contribution < 1.29 is 13.9 Å². The number of hydrogen-bond acceptors (Lipinski definition) is 4. The lowest BCUT2D eigenvalue weighted by atomic mass is 10.4. The molecular formula is C9H9NO3.